The number of hydrogen-bond donors (Lipinski definition) is 3. The number of benzene rings is 1. The summed E-state index contributed by atoms with van der Waals surface area (Å²) in [6.07, 6.45) is 5.25. The molecule has 0 heterocycles. The predicted octanol–water partition coefficient (Wildman–Crippen LogP) is 2.58. The quantitative estimate of drug-likeness (QED) is 0.714. The lowest BCUT2D eigenvalue weighted by Crippen LogP contribution is -2.34. The van der Waals surface area contributed by atoms with Gasteiger partial charge in [0, 0.05) is 17.9 Å². The highest BCUT2D eigenvalue weighted by Gasteiger charge is 2.53. The van der Waals surface area contributed by atoms with E-state index in [1.807, 2.05) is 12.1 Å². The van der Waals surface area contributed by atoms with Gasteiger partial charge in [0.05, 0.1) is 0 Å². The molecule has 18 heavy (non-hydrogen) atoms. The molecular weight excluding hydrogens is 226 g/mol. The average Bonchev–Trinajstić information content (AvgIpc) is 3.22. The first-order valence-corrected chi connectivity index (χ1v) is 6.58. The van der Waals surface area contributed by atoms with Gasteiger partial charge >= 0.3 is 6.03 Å². The number of anilines is 2. The summed E-state index contributed by atoms with van der Waals surface area (Å²) in [6.45, 7) is 0.818. The van der Waals surface area contributed by atoms with Crippen molar-refractivity contribution in [2.75, 3.05) is 17.6 Å². The molecule has 0 radical (unpaired) electrons. The molecule has 2 aliphatic carbocycles. The Hall–Kier alpha value is -1.71. The van der Waals surface area contributed by atoms with Gasteiger partial charge in [-0.2, -0.15) is 0 Å². The zero-order valence-electron chi connectivity index (χ0n) is 10.4. The van der Waals surface area contributed by atoms with E-state index >= 15 is 0 Å². The van der Waals surface area contributed by atoms with Crippen molar-refractivity contribution in [3.63, 3.8) is 0 Å². The highest BCUT2D eigenvalue weighted by molar-refractivity contribution is 5.89. The Morgan fingerprint density at radius 2 is 1.94 bits per heavy atom. The van der Waals surface area contributed by atoms with Crippen molar-refractivity contribution >= 4 is 17.4 Å². The van der Waals surface area contributed by atoms with Crippen LogP contribution < -0.4 is 16.4 Å². The number of nitrogen functional groups attached to an aromatic ring is 1. The highest BCUT2D eigenvalue weighted by atomic mass is 16.2. The van der Waals surface area contributed by atoms with E-state index in [1.54, 1.807) is 12.1 Å². The van der Waals surface area contributed by atoms with Crippen molar-refractivity contribution < 1.29 is 4.79 Å². The van der Waals surface area contributed by atoms with Crippen LogP contribution in [0.2, 0.25) is 0 Å². The largest absolute Gasteiger partial charge is 0.399 e. The Balaban J connectivity index is 1.48. The van der Waals surface area contributed by atoms with E-state index in [1.165, 1.54) is 25.7 Å². The second kappa shape index (κ2) is 4.19. The van der Waals surface area contributed by atoms with E-state index in [4.69, 9.17) is 5.73 Å². The van der Waals surface area contributed by atoms with Gasteiger partial charge in [0.1, 0.15) is 0 Å². The molecule has 0 unspecified atom stereocenters. The van der Waals surface area contributed by atoms with Crippen LogP contribution in [0.1, 0.15) is 25.7 Å². The summed E-state index contributed by atoms with van der Waals surface area (Å²) in [5.41, 5.74) is 7.51. The number of carbonyl (C=O) groups is 1. The first-order chi connectivity index (χ1) is 8.68. The van der Waals surface area contributed by atoms with Gasteiger partial charge in [-0.1, -0.05) is 0 Å². The van der Waals surface area contributed by atoms with Crippen LogP contribution >= 0.6 is 0 Å². The van der Waals surface area contributed by atoms with Gasteiger partial charge in [0.15, 0.2) is 0 Å². The van der Waals surface area contributed by atoms with E-state index in [2.05, 4.69) is 10.6 Å². The molecule has 2 aliphatic rings. The molecule has 4 N–H and O–H groups in total. The van der Waals surface area contributed by atoms with Gasteiger partial charge in [-0.05, 0) is 61.3 Å². The van der Waals surface area contributed by atoms with E-state index in [9.17, 15) is 4.79 Å². The van der Waals surface area contributed by atoms with E-state index < -0.39 is 0 Å². The lowest BCUT2D eigenvalue weighted by Gasteiger charge is -2.15. The molecule has 0 atom stereocenters. The molecule has 0 aliphatic heterocycles. The molecule has 2 fully saturated rings. The minimum atomic E-state index is -0.119. The number of rotatable bonds is 4. The van der Waals surface area contributed by atoms with Crippen LogP contribution in [0, 0.1) is 11.3 Å². The molecule has 2 saturated carbocycles. The third-order valence-electron chi connectivity index (χ3n) is 4.11. The fourth-order valence-electron chi connectivity index (χ4n) is 2.58. The summed E-state index contributed by atoms with van der Waals surface area (Å²) < 4.78 is 0. The summed E-state index contributed by atoms with van der Waals surface area (Å²) in [4.78, 5) is 11.8. The Labute approximate surface area is 107 Å². The fraction of sp³-hybridized carbons (Fsp3) is 0.500. The van der Waals surface area contributed by atoms with Gasteiger partial charge in [-0.25, -0.2) is 4.79 Å². The molecule has 4 nitrogen and oxygen atoms in total. The molecule has 1 aromatic rings. The molecule has 0 spiro atoms. The zero-order chi connectivity index (χ0) is 12.6. The maximum absolute atomic E-state index is 11.8. The number of hydrogen-bond acceptors (Lipinski definition) is 2. The summed E-state index contributed by atoms with van der Waals surface area (Å²) in [5.74, 6) is 0.870. The molecule has 96 valence electrons. The lowest BCUT2D eigenvalue weighted by atomic mass is 10.0. The second-order valence-electron chi connectivity index (χ2n) is 5.57. The van der Waals surface area contributed by atoms with E-state index in [0.29, 0.717) is 11.1 Å². The number of urea groups is 1. The first-order valence-electron chi connectivity index (χ1n) is 6.58. The standard InChI is InChI=1S/C14H19N3O/c15-11-3-5-12(6-4-11)17-13(18)16-9-14(7-8-14)10-1-2-10/h3-6,10H,1-2,7-9,15H2,(H2,16,17,18). The van der Waals surface area contributed by atoms with Crippen molar-refractivity contribution in [1.82, 2.24) is 5.32 Å². The lowest BCUT2D eigenvalue weighted by molar-refractivity contribution is 0.248. The van der Waals surface area contributed by atoms with Gasteiger partial charge < -0.3 is 16.4 Å². The van der Waals surface area contributed by atoms with E-state index in [-0.39, 0.29) is 6.03 Å². The maximum Gasteiger partial charge on any atom is 0.319 e. The van der Waals surface area contributed by atoms with Gasteiger partial charge in [0.2, 0.25) is 0 Å². The van der Waals surface area contributed by atoms with E-state index in [0.717, 1.165) is 18.2 Å². The predicted molar refractivity (Wildman–Crippen MR) is 72.3 cm³/mol. The number of amides is 2. The molecule has 1 aromatic carbocycles. The Morgan fingerprint density at radius 1 is 1.28 bits per heavy atom. The molecule has 3 rings (SSSR count). The minimum Gasteiger partial charge on any atom is -0.399 e. The molecule has 0 bridgehead atoms. The molecule has 0 saturated heterocycles. The van der Waals surface area contributed by atoms with Crippen LogP contribution in [0.25, 0.3) is 0 Å². The molecule has 0 aromatic heterocycles. The van der Waals surface area contributed by atoms with Crippen LogP contribution in [0.15, 0.2) is 24.3 Å². The topological polar surface area (TPSA) is 67.1 Å². The van der Waals surface area contributed by atoms with Crippen LogP contribution in [0.5, 0.6) is 0 Å². The van der Waals surface area contributed by atoms with Gasteiger partial charge in [0.25, 0.3) is 0 Å². The van der Waals surface area contributed by atoms with Gasteiger partial charge in [-0.3, -0.25) is 0 Å². The number of carbonyl (C=O) groups excluding carboxylic acids is 1. The summed E-state index contributed by atoms with van der Waals surface area (Å²) in [6, 6.07) is 7.06. The van der Waals surface area contributed by atoms with Crippen molar-refractivity contribution in [3.8, 4) is 0 Å². The average molecular weight is 245 g/mol. The third-order valence-corrected chi connectivity index (χ3v) is 4.11. The summed E-state index contributed by atoms with van der Waals surface area (Å²) in [5, 5.41) is 5.81. The van der Waals surface area contributed by atoms with Gasteiger partial charge in [-0.15, -0.1) is 0 Å². The Morgan fingerprint density at radius 3 is 2.50 bits per heavy atom. The van der Waals surface area contributed by atoms with Crippen molar-refractivity contribution in [1.29, 1.82) is 0 Å². The van der Waals surface area contributed by atoms with Crippen LogP contribution in [0.4, 0.5) is 16.2 Å². The highest BCUT2D eigenvalue weighted by Crippen LogP contribution is 2.60. The second-order valence-corrected chi connectivity index (χ2v) is 5.57. The molecular formula is C14H19N3O. The minimum absolute atomic E-state index is 0.119. The van der Waals surface area contributed by atoms with Crippen molar-refractivity contribution in [2.45, 2.75) is 25.7 Å². The van der Waals surface area contributed by atoms with Crippen LogP contribution in [0.3, 0.4) is 0 Å². The summed E-state index contributed by atoms with van der Waals surface area (Å²) in [7, 11) is 0. The fourth-order valence-corrected chi connectivity index (χ4v) is 2.58. The summed E-state index contributed by atoms with van der Waals surface area (Å²) >= 11 is 0. The normalized spacial score (nSPS) is 20.2. The molecule has 4 heteroatoms. The zero-order valence-corrected chi connectivity index (χ0v) is 10.4. The Kier molecular flexibility index (Phi) is 2.65. The van der Waals surface area contributed by atoms with Crippen LogP contribution in [-0.4, -0.2) is 12.6 Å². The smallest absolute Gasteiger partial charge is 0.319 e. The number of nitrogens with two attached hydrogens (primary N) is 1. The molecule has 2 amide bonds. The maximum atomic E-state index is 11.8. The SMILES string of the molecule is Nc1ccc(NC(=O)NCC2(C3CC3)CC2)cc1. The van der Waals surface area contributed by atoms with Crippen molar-refractivity contribution in [2.24, 2.45) is 11.3 Å². The first kappa shape index (κ1) is 11.4. The number of nitrogens with one attached hydrogen (secondary N) is 2. The third kappa shape index (κ3) is 2.42. The monoisotopic (exact) mass is 245 g/mol. The van der Waals surface area contributed by atoms with Crippen LogP contribution in [-0.2, 0) is 0 Å². The Bertz CT molecular complexity index is 447. The van der Waals surface area contributed by atoms with Crippen molar-refractivity contribution in [3.05, 3.63) is 24.3 Å².